The van der Waals surface area contributed by atoms with Gasteiger partial charge in [0.15, 0.2) is 0 Å². The van der Waals surface area contributed by atoms with Gasteiger partial charge in [-0.15, -0.1) is 0 Å². The first-order valence-corrected chi connectivity index (χ1v) is 6.96. The first-order valence-electron chi connectivity index (χ1n) is 6.96. The Balaban J connectivity index is 1.76. The molecule has 1 N–H and O–H groups in total. The van der Waals surface area contributed by atoms with E-state index in [4.69, 9.17) is 0 Å². The monoisotopic (exact) mass is 276 g/mol. The van der Waals surface area contributed by atoms with Gasteiger partial charge in [-0.05, 0) is 37.0 Å². The second kappa shape index (κ2) is 5.23. The van der Waals surface area contributed by atoms with Crippen LogP contribution < -0.4 is 10.2 Å². The Morgan fingerprint density at radius 3 is 2.95 bits per heavy atom. The van der Waals surface area contributed by atoms with Crippen molar-refractivity contribution in [2.45, 2.75) is 25.3 Å². The lowest BCUT2D eigenvalue weighted by Crippen LogP contribution is -2.54. The van der Waals surface area contributed by atoms with Crippen molar-refractivity contribution < 1.29 is 14.0 Å². The van der Waals surface area contributed by atoms with Crippen LogP contribution >= 0.6 is 0 Å². The van der Waals surface area contributed by atoms with Crippen LogP contribution in [0.15, 0.2) is 18.2 Å². The number of amides is 1. The number of hydrogen-bond acceptors (Lipinski definition) is 3. The molecule has 4 nitrogen and oxygen atoms in total. The van der Waals surface area contributed by atoms with E-state index in [-0.39, 0.29) is 17.8 Å². The summed E-state index contributed by atoms with van der Waals surface area (Å²) in [5, 5.41) is 3.02. The fraction of sp³-hybridized carbons (Fsp3) is 0.467. The first-order chi connectivity index (χ1) is 9.67. The van der Waals surface area contributed by atoms with Crippen molar-refractivity contribution in [3.8, 4) is 0 Å². The van der Waals surface area contributed by atoms with Gasteiger partial charge in [0.2, 0.25) is 5.91 Å². The third-order valence-electron chi connectivity index (χ3n) is 4.27. The van der Waals surface area contributed by atoms with Gasteiger partial charge in [-0.1, -0.05) is 0 Å². The first kappa shape index (κ1) is 13.1. The highest BCUT2D eigenvalue weighted by Gasteiger charge is 2.34. The van der Waals surface area contributed by atoms with Crippen molar-refractivity contribution in [3.05, 3.63) is 29.6 Å². The maximum Gasteiger partial charge on any atom is 0.220 e. The number of carbonyl (C=O) groups excluding carboxylic acids is 2. The summed E-state index contributed by atoms with van der Waals surface area (Å²) in [6.45, 7) is 1.47. The maximum atomic E-state index is 14.0. The van der Waals surface area contributed by atoms with E-state index in [1.165, 1.54) is 6.07 Å². The molecule has 2 atom stereocenters. The predicted molar refractivity (Wildman–Crippen MR) is 73.3 cm³/mol. The molecule has 0 aromatic heterocycles. The van der Waals surface area contributed by atoms with E-state index >= 15 is 0 Å². The lowest BCUT2D eigenvalue weighted by molar-refractivity contribution is -0.124. The number of rotatable bonds is 2. The molecule has 1 amide bonds. The van der Waals surface area contributed by atoms with E-state index in [0.717, 1.165) is 25.9 Å². The van der Waals surface area contributed by atoms with Crippen LogP contribution in [0.1, 0.15) is 29.6 Å². The van der Waals surface area contributed by atoms with Crippen LogP contribution in [0.25, 0.3) is 0 Å². The number of benzene rings is 1. The third-order valence-corrected chi connectivity index (χ3v) is 4.27. The van der Waals surface area contributed by atoms with Crippen LogP contribution in [0.2, 0.25) is 0 Å². The number of fused-ring (bicyclic) bond motifs is 1. The number of piperidine rings is 2. The molecular formula is C15H17FN2O2. The lowest BCUT2D eigenvalue weighted by atomic mass is 9.85. The highest BCUT2D eigenvalue weighted by molar-refractivity contribution is 5.77. The average molecular weight is 276 g/mol. The molecule has 2 unspecified atom stereocenters. The molecule has 2 heterocycles. The van der Waals surface area contributed by atoms with E-state index in [9.17, 15) is 14.0 Å². The zero-order valence-corrected chi connectivity index (χ0v) is 11.1. The zero-order chi connectivity index (χ0) is 14.1. The zero-order valence-electron chi connectivity index (χ0n) is 11.1. The van der Waals surface area contributed by atoms with Crippen LogP contribution in [0, 0.1) is 11.7 Å². The van der Waals surface area contributed by atoms with Gasteiger partial charge in [0.05, 0.1) is 5.69 Å². The molecule has 0 aliphatic carbocycles. The van der Waals surface area contributed by atoms with Crippen LogP contribution in [-0.2, 0) is 4.79 Å². The van der Waals surface area contributed by atoms with Gasteiger partial charge >= 0.3 is 0 Å². The molecule has 2 fully saturated rings. The minimum absolute atomic E-state index is 0.126. The summed E-state index contributed by atoms with van der Waals surface area (Å²) in [6, 6.07) is 4.81. The minimum Gasteiger partial charge on any atom is -0.369 e. The minimum atomic E-state index is -0.354. The summed E-state index contributed by atoms with van der Waals surface area (Å²) in [5.74, 6) is 0.153. The Kier molecular flexibility index (Phi) is 3.42. The van der Waals surface area contributed by atoms with E-state index in [1.54, 1.807) is 12.1 Å². The molecule has 0 radical (unpaired) electrons. The summed E-state index contributed by atoms with van der Waals surface area (Å²) < 4.78 is 14.0. The Hall–Kier alpha value is -1.91. The van der Waals surface area contributed by atoms with Gasteiger partial charge in [-0.25, -0.2) is 4.39 Å². The number of nitrogens with zero attached hydrogens (tertiary/aromatic N) is 1. The number of hydrogen-bond donors (Lipinski definition) is 1. The molecule has 20 heavy (non-hydrogen) atoms. The van der Waals surface area contributed by atoms with Crippen LogP contribution in [0.4, 0.5) is 10.1 Å². The standard InChI is InChI=1S/C15H17FN2O2/c16-12-7-10(9-19)1-3-14(12)18-6-5-13-11(8-18)2-4-15(20)17-13/h1,3,7,9,11,13H,2,4-6,8H2,(H,17,20). The van der Waals surface area contributed by atoms with Crippen LogP contribution in [0.3, 0.4) is 0 Å². The lowest BCUT2D eigenvalue weighted by Gasteiger charge is -2.42. The SMILES string of the molecule is O=Cc1ccc(N2CCC3NC(=O)CCC3C2)c(F)c1. The van der Waals surface area contributed by atoms with E-state index in [0.29, 0.717) is 29.9 Å². The molecule has 3 rings (SSSR count). The molecule has 0 spiro atoms. The van der Waals surface area contributed by atoms with Gasteiger partial charge in [0.1, 0.15) is 12.1 Å². The Morgan fingerprint density at radius 1 is 1.35 bits per heavy atom. The van der Waals surface area contributed by atoms with Gasteiger partial charge in [-0.2, -0.15) is 0 Å². The van der Waals surface area contributed by atoms with Crippen molar-refractivity contribution in [2.75, 3.05) is 18.0 Å². The topological polar surface area (TPSA) is 49.4 Å². The molecule has 1 aromatic carbocycles. The Labute approximate surface area is 117 Å². The van der Waals surface area contributed by atoms with Crippen LogP contribution in [-0.4, -0.2) is 31.3 Å². The van der Waals surface area contributed by atoms with Crippen molar-refractivity contribution >= 4 is 17.9 Å². The van der Waals surface area contributed by atoms with Crippen molar-refractivity contribution in [1.82, 2.24) is 5.32 Å². The Morgan fingerprint density at radius 2 is 2.20 bits per heavy atom. The van der Waals surface area contributed by atoms with Crippen molar-refractivity contribution in [3.63, 3.8) is 0 Å². The van der Waals surface area contributed by atoms with Gasteiger partial charge in [0.25, 0.3) is 0 Å². The number of carbonyl (C=O) groups is 2. The summed E-state index contributed by atoms with van der Waals surface area (Å²) in [5.41, 5.74) is 0.900. The predicted octanol–water partition coefficient (Wildman–Crippen LogP) is 1.74. The third kappa shape index (κ3) is 2.40. The number of aldehydes is 1. The van der Waals surface area contributed by atoms with Crippen molar-refractivity contribution in [2.24, 2.45) is 5.92 Å². The van der Waals surface area contributed by atoms with Crippen LogP contribution in [0.5, 0.6) is 0 Å². The van der Waals surface area contributed by atoms with Gasteiger partial charge < -0.3 is 10.2 Å². The number of anilines is 1. The van der Waals surface area contributed by atoms with Gasteiger partial charge in [0, 0.05) is 31.1 Å². The normalized spacial score (nSPS) is 25.9. The fourth-order valence-electron chi connectivity index (χ4n) is 3.18. The molecule has 2 aliphatic heterocycles. The largest absolute Gasteiger partial charge is 0.369 e. The second-order valence-corrected chi connectivity index (χ2v) is 5.54. The molecule has 0 saturated carbocycles. The fourth-order valence-corrected chi connectivity index (χ4v) is 3.18. The number of nitrogens with one attached hydrogen (secondary N) is 1. The van der Waals surface area contributed by atoms with E-state index in [2.05, 4.69) is 5.32 Å². The maximum absolute atomic E-state index is 14.0. The smallest absolute Gasteiger partial charge is 0.220 e. The molecule has 2 aliphatic rings. The van der Waals surface area contributed by atoms with E-state index < -0.39 is 0 Å². The molecule has 2 saturated heterocycles. The molecule has 0 bridgehead atoms. The van der Waals surface area contributed by atoms with Crippen molar-refractivity contribution in [1.29, 1.82) is 0 Å². The molecule has 106 valence electrons. The quantitative estimate of drug-likeness (QED) is 0.837. The van der Waals surface area contributed by atoms with Gasteiger partial charge in [-0.3, -0.25) is 9.59 Å². The highest BCUT2D eigenvalue weighted by atomic mass is 19.1. The summed E-state index contributed by atoms with van der Waals surface area (Å²) in [6.07, 6.45) is 2.91. The number of halogens is 1. The Bertz CT molecular complexity index is 547. The molecular weight excluding hydrogens is 259 g/mol. The summed E-state index contributed by atoms with van der Waals surface area (Å²) in [4.78, 5) is 24.0. The summed E-state index contributed by atoms with van der Waals surface area (Å²) >= 11 is 0. The summed E-state index contributed by atoms with van der Waals surface area (Å²) in [7, 11) is 0. The second-order valence-electron chi connectivity index (χ2n) is 5.54. The molecule has 1 aromatic rings. The highest BCUT2D eigenvalue weighted by Crippen LogP contribution is 2.30. The molecule has 5 heteroatoms. The van der Waals surface area contributed by atoms with E-state index in [1.807, 2.05) is 4.90 Å². The average Bonchev–Trinajstić information content (AvgIpc) is 2.46.